The summed E-state index contributed by atoms with van der Waals surface area (Å²) in [5.74, 6) is 0.958. The SMILES string of the molecule is COc1cc2nc(N)nn2cc1Br. The third kappa shape index (κ3) is 1.33. The number of nitrogens with zero attached hydrogens (tertiary/aromatic N) is 3. The van der Waals surface area contributed by atoms with Gasteiger partial charge in [-0.25, -0.2) is 4.52 Å². The molecular weight excluding hydrogens is 236 g/mol. The minimum atomic E-state index is 0.250. The normalized spacial score (nSPS) is 10.6. The second-order valence-electron chi connectivity index (χ2n) is 2.46. The zero-order chi connectivity index (χ0) is 9.42. The van der Waals surface area contributed by atoms with Crippen molar-refractivity contribution in [3.63, 3.8) is 0 Å². The Morgan fingerprint density at radius 2 is 2.38 bits per heavy atom. The summed E-state index contributed by atoms with van der Waals surface area (Å²) in [4.78, 5) is 3.99. The molecule has 2 heterocycles. The van der Waals surface area contributed by atoms with Crippen LogP contribution in [-0.2, 0) is 0 Å². The predicted molar refractivity (Wildman–Crippen MR) is 51.7 cm³/mol. The van der Waals surface area contributed by atoms with E-state index in [0.717, 1.165) is 4.47 Å². The third-order valence-corrected chi connectivity index (χ3v) is 2.22. The van der Waals surface area contributed by atoms with Crippen molar-refractivity contribution in [3.05, 3.63) is 16.7 Å². The van der Waals surface area contributed by atoms with Crippen LogP contribution >= 0.6 is 15.9 Å². The third-order valence-electron chi connectivity index (χ3n) is 1.63. The minimum Gasteiger partial charge on any atom is -0.495 e. The van der Waals surface area contributed by atoms with E-state index in [1.807, 2.05) is 0 Å². The number of hydrogen-bond acceptors (Lipinski definition) is 4. The van der Waals surface area contributed by atoms with E-state index < -0.39 is 0 Å². The monoisotopic (exact) mass is 242 g/mol. The van der Waals surface area contributed by atoms with E-state index in [4.69, 9.17) is 10.5 Å². The van der Waals surface area contributed by atoms with Crippen LogP contribution in [-0.4, -0.2) is 21.7 Å². The first-order chi connectivity index (χ1) is 6.20. The zero-order valence-corrected chi connectivity index (χ0v) is 8.45. The molecule has 0 saturated heterocycles. The Morgan fingerprint density at radius 3 is 3.08 bits per heavy atom. The molecule has 0 aromatic carbocycles. The highest BCUT2D eigenvalue weighted by molar-refractivity contribution is 9.10. The van der Waals surface area contributed by atoms with E-state index in [0.29, 0.717) is 11.4 Å². The van der Waals surface area contributed by atoms with Crippen molar-refractivity contribution in [3.8, 4) is 5.75 Å². The second kappa shape index (κ2) is 2.88. The molecule has 0 aliphatic heterocycles. The highest BCUT2D eigenvalue weighted by Gasteiger charge is 2.05. The van der Waals surface area contributed by atoms with E-state index in [2.05, 4.69) is 26.0 Å². The molecule has 5 nitrogen and oxygen atoms in total. The fourth-order valence-corrected chi connectivity index (χ4v) is 1.53. The van der Waals surface area contributed by atoms with Crippen LogP contribution in [0.5, 0.6) is 5.75 Å². The van der Waals surface area contributed by atoms with E-state index in [9.17, 15) is 0 Å². The number of hydrogen-bond donors (Lipinski definition) is 1. The molecule has 0 amide bonds. The van der Waals surface area contributed by atoms with Gasteiger partial charge in [-0.3, -0.25) is 0 Å². The average molecular weight is 243 g/mol. The van der Waals surface area contributed by atoms with Crippen molar-refractivity contribution in [2.75, 3.05) is 12.8 Å². The van der Waals surface area contributed by atoms with Gasteiger partial charge in [-0.15, -0.1) is 5.10 Å². The molecule has 0 atom stereocenters. The predicted octanol–water partition coefficient (Wildman–Crippen LogP) is 1.08. The number of ether oxygens (including phenoxy) is 1. The number of aromatic nitrogens is 3. The lowest BCUT2D eigenvalue weighted by Gasteiger charge is -2.01. The molecular formula is C7H7BrN4O. The van der Waals surface area contributed by atoms with E-state index >= 15 is 0 Å². The molecule has 0 fully saturated rings. The largest absolute Gasteiger partial charge is 0.495 e. The molecule has 6 heteroatoms. The van der Waals surface area contributed by atoms with Gasteiger partial charge < -0.3 is 10.5 Å². The maximum atomic E-state index is 5.43. The number of nitrogen functional groups attached to an aromatic ring is 1. The fourth-order valence-electron chi connectivity index (χ4n) is 1.06. The Hall–Kier alpha value is -1.30. The van der Waals surface area contributed by atoms with Crippen LogP contribution in [0.3, 0.4) is 0 Å². The van der Waals surface area contributed by atoms with Crippen molar-refractivity contribution < 1.29 is 4.74 Å². The highest BCUT2D eigenvalue weighted by Crippen LogP contribution is 2.25. The Balaban J connectivity index is 2.72. The highest BCUT2D eigenvalue weighted by atomic mass is 79.9. The molecule has 2 aromatic heterocycles. The Labute approximate surface area is 82.6 Å². The molecule has 68 valence electrons. The number of halogens is 1. The summed E-state index contributed by atoms with van der Waals surface area (Å²) < 4.78 is 7.49. The van der Waals surface area contributed by atoms with Gasteiger partial charge in [0.1, 0.15) is 5.75 Å². The topological polar surface area (TPSA) is 65.4 Å². The van der Waals surface area contributed by atoms with Gasteiger partial charge in [-0.1, -0.05) is 0 Å². The maximum Gasteiger partial charge on any atom is 0.240 e. The Bertz CT molecular complexity index is 453. The average Bonchev–Trinajstić information content (AvgIpc) is 2.42. The van der Waals surface area contributed by atoms with Crippen LogP contribution in [0.1, 0.15) is 0 Å². The van der Waals surface area contributed by atoms with Gasteiger partial charge in [0.25, 0.3) is 0 Å². The first-order valence-corrected chi connectivity index (χ1v) is 4.35. The molecule has 0 saturated carbocycles. The van der Waals surface area contributed by atoms with Gasteiger partial charge in [-0.2, -0.15) is 4.98 Å². The van der Waals surface area contributed by atoms with Crippen molar-refractivity contribution in [2.45, 2.75) is 0 Å². The van der Waals surface area contributed by atoms with E-state index in [1.165, 1.54) is 0 Å². The molecule has 2 N–H and O–H groups in total. The quantitative estimate of drug-likeness (QED) is 0.813. The lowest BCUT2D eigenvalue weighted by molar-refractivity contribution is 0.411. The number of anilines is 1. The van der Waals surface area contributed by atoms with Gasteiger partial charge in [0.2, 0.25) is 5.95 Å². The molecule has 0 unspecified atom stereocenters. The molecule has 0 aliphatic carbocycles. The Morgan fingerprint density at radius 1 is 1.62 bits per heavy atom. The molecule has 0 radical (unpaired) electrons. The lowest BCUT2D eigenvalue weighted by Crippen LogP contribution is -1.91. The van der Waals surface area contributed by atoms with Crippen molar-refractivity contribution in [1.29, 1.82) is 0 Å². The summed E-state index contributed by atoms with van der Waals surface area (Å²) in [5.41, 5.74) is 6.10. The summed E-state index contributed by atoms with van der Waals surface area (Å²) in [6.07, 6.45) is 1.75. The second-order valence-corrected chi connectivity index (χ2v) is 3.32. The molecule has 2 aromatic rings. The first kappa shape index (κ1) is 8.31. The molecule has 13 heavy (non-hydrogen) atoms. The van der Waals surface area contributed by atoms with Gasteiger partial charge >= 0.3 is 0 Å². The Kier molecular flexibility index (Phi) is 1.84. The number of pyridine rings is 1. The van der Waals surface area contributed by atoms with Crippen LogP contribution in [0.2, 0.25) is 0 Å². The van der Waals surface area contributed by atoms with Crippen molar-refractivity contribution in [2.24, 2.45) is 0 Å². The van der Waals surface area contributed by atoms with Crippen LogP contribution in [0.25, 0.3) is 5.65 Å². The van der Waals surface area contributed by atoms with Crippen LogP contribution in [0.15, 0.2) is 16.7 Å². The summed E-state index contributed by atoms with van der Waals surface area (Å²) in [7, 11) is 1.59. The van der Waals surface area contributed by atoms with E-state index in [-0.39, 0.29) is 5.95 Å². The van der Waals surface area contributed by atoms with Gasteiger partial charge in [0.05, 0.1) is 11.6 Å². The molecule has 0 bridgehead atoms. The number of nitrogens with two attached hydrogens (primary N) is 1. The first-order valence-electron chi connectivity index (χ1n) is 3.56. The number of fused-ring (bicyclic) bond motifs is 1. The summed E-state index contributed by atoms with van der Waals surface area (Å²) in [5, 5.41) is 3.95. The number of methoxy groups -OCH3 is 1. The van der Waals surface area contributed by atoms with Crippen LogP contribution in [0, 0.1) is 0 Å². The zero-order valence-electron chi connectivity index (χ0n) is 6.86. The van der Waals surface area contributed by atoms with Gasteiger partial charge in [-0.05, 0) is 15.9 Å². The van der Waals surface area contributed by atoms with Crippen LogP contribution in [0.4, 0.5) is 5.95 Å². The summed E-state index contributed by atoms with van der Waals surface area (Å²) in [6.45, 7) is 0. The minimum absolute atomic E-state index is 0.250. The smallest absolute Gasteiger partial charge is 0.240 e. The van der Waals surface area contributed by atoms with Gasteiger partial charge in [0.15, 0.2) is 5.65 Å². The molecule has 0 spiro atoms. The maximum absolute atomic E-state index is 5.43. The van der Waals surface area contributed by atoms with Crippen molar-refractivity contribution in [1.82, 2.24) is 14.6 Å². The van der Waals surface area contributed by atoms with Crippen LogP contribution < -0.4 is 10.5 Å². The summed E-state index contributed by atoms with van der Waals surface area (Å²) >= 11 is 3.33. The lowest BCUT2D eigenvalue weighted by atomic mass is 10.4. The standard InChI is InChI=1S/C7H7BrN4O/c1-13-5-2-6-10-7(9)11-12(6)3-4(5)8/h2-3H,1H3,(H2,9,11). The fraction of sp³-hybridized carbons (Fsp3) is 0.143. The molecule has 2 rings (SSSR count). The summed E-state index contributed by atoms with van der Waals surface area (Å²) in [6, 6.07) is 1.76. The number of rotatable bonds is 1. The molecule has 0 aliphatic rings. The van der Waals surface area contributed by atoms with Gasteiger partial charge in [0, 0.05) is 12.3 Å². The van der Waals surface area contributed by atoms with Crippen molar-refractivity contribution >= 4 is 27.5 Å². The van der Waals surface area contributed by atoms with E-state index in [1.54, 1.807) is 23.9 Å².